The van der Waals surface area contributed by atoms with Gasteiger partial charge in [-0.2, -0.15) is 20.4 Å². The van der Waals surface area contributed by atoms with Crippen LogP contribution in [0.5, 0.6) is 23.0 Å². The Hall–Kier alpha value is -15.4. The fraction of sp³-hybridized carbons (Fsp3) is 0.174. The first-order valence-electron chi connectivity index (χ1n) is 39.6. The molecule has 0 aliphatic carbocycles. The zero-order chi connectivity index (χ0) is 83.3. The number of hydrogen-bond donors (Lipinski definition) is 12. The molecule has 3 saturated heterocycles. The van der Waals surface area contributed by atoms with Gasteiger partial charge in [0.2, 0.25) is 0 Å². The molecule has 0 bridgehead atoms. The molecule has 29 heteroatoms. The summed E-state index contributed by atoms with van der Waals surface area (Å²) in [7, 11) is 4.03. The number of aromatic hydroxyl groups is 4. The molecular formula is C92H86N20O9. The van der Waals surface area contributed by atoms with Crippen LogP contribution in [0.2, 0.25) is 0 Å². The lowest BCUT2D eigenvalue weighted by Gasteiger charge is -2.28. The van der Waals surface area contributed by atoms with E-state index in [0.717, 1.165) is 157 Å². The largest absolute Gasteiger partial charge is 0.508 e. The molecule has 16 aromatic rings. The summed E-state index contributed by atoms with van der Waals surface area (Å²) in [5.41, 5.74) is 19.0. The summed E-state index contributed by atoms with van der Waals surface area (Å²) in [5, 5.41) is 80.4. The minimum atomic E-state index is -0.325. The summed E-state index contributed by atoms with van der Waals surface area (Å²) in [6.45, 7) is 8.16. The molecule has 3 fully saturated rings. The van der Waals surface area contributed by atoms with Gasteiger partial charge in [0.05, 0.1) is 70.9 Å². The Morgan fingerprint density at radius 1 is 0.331 bits per heavy atom. The Balaban J connectivity index is 0.000000120. The average molecular weight is 1620 g/mol. The number of carbonyl (C=O) groups excluding carboxylic acids is 4. The maximum absolute atomic E-state index is 12.8. The lowest BCUT2D eigenvalue weighted by atomic mass is 10.0. The SMILES string of the molecule is CN(C)Cc1cncc(-c2ccc3[nH]nc(C(=O)Nc4ccc(O)cc4)c3c2)c1.O=C(Nc1ccc(O)cc1)c1n[nH]c2ccc(-c3cncc(N4CCCC4)c3)cc12.O=C(Nc1ccc(O)cc1)c1n[nH]c2ccc(-c3cncc(N4CCCCC4)c3)cc12.O=C(Nc1ccc(O)cc1)c1n[nH]c2ccc(-c3cncc(N4CCOCC4)c3)cc12. The molecule has 0 atom stereocenters. The number of rotatable bonds is 17. The van der Waals surface area contributed by atoms with Crippen molar-refractivity contribution in [2.24, 2.45) is 0 Å². The average Bonchev–Trinajstić information content (AvgIpc) is 1.70. The van der Waals surface area contributed by atoms with Crippen molar-refractivity contribution in [3.05, 3.63) is 272 Å². The third kappa shape index (κ3) is 19.2. The Bertz CT molecular complexity index is 6180. The minimum Gasteiger partial charge on any atom is -0.508 e. The second-order valence-corrected chi connectivity index (χ2v) is 29.8. The lowest BCUT2D eigenvalue weighted by Crippen LogP contribution is -2.36. The van der Waals surface area contributed by atoms with Gasteiger partial charge >= 0.3 is 0 Å². The molecule has 0 unspecified atom stereocenters. The molecule has 3 aliphatic heterocycles. The van der Waals surface area contributed by atoms with Gasteiger partial charge in [-0.3, -0.25) is 59.5 Å². The normalized spacial score (nSPS) is 13.2. The molecule has 29 nitrogen and oxygen atoms in total. The van der Waals surface area contributed by atoms with Gasteiger partial charge in [-0.1, -0.05) is 24.3 Å². The van der Waals surface area contributed by atoms with Crippen molar-refractivity contribution in [1.29, 1.82) is 0 Å². The monoisotopic (exact) mass is 1610 g/mol. The summed E-state index contributed by atoms with van der Waals surface area (Å²) < 4.78 is 5.44. The molecule has 0 spiro atoms. The fourth-order valence-electron chi connectivity index (χ4n) is 14.7. The van der Waals surface area contributed by atoms with Crippen molar-refractivity contribution < 1.29 is 44.3 Å². The van der Waals surface area contributed by atoms with Gasteiger partial charge in [0.1, 0.15) is 23.0 Å². The predicted octanol–water partition coefficient (Wildman–Crippen LogP) is 15.8. The van der Waals surface area contributed by atoms with E-state index < -0.39 is 0 Å². The van der Waals surface area contributed by atoms with E-state index in [1.54, 1.807) is 48.5 Å². The van der Waals surface area contributed by atoms with Gasteiger partial charge in [0, 0.05) is 143 Å². The number of piperidine rings is 1. The van der Waals surface area contributed by atoms with E-state index in [4.69, 9.17) is 4.74 Å². The summed E-state index contributed by atoms with van der Waals surface area (Å²) in [6.07, 6.45) is 21.0. The lowest BCUT2D eigenvalue weighted by molar-refractivity contribution is 0.101. The van der Waals surface area contributed by atoms with Crippen LogP contribution in [0.25, 0.3) is 88.1 Å². The second kappa shape index (κ2) is 36.4. The highest BCUT2D eigenvalue weighted by molar-refractivity contribution is 6.15. The number of phenolic OH excluding ortho intramolecular Hbond substituents is 4. The topological polar surface area (TPSA) is 386 Å². The van der Waals surface area contributed by atoms with Crippen LogP contribution in [-0.4, -0.2) is 176 Å². The molecule has 8 aromatic heterocycles. The number of ether oxygens (including phenoxy) is 1. The van der Waals surface area contributed by atoms with Gasteiger partial charge in [-0.05, 0) is 244 Å². The number of nitrogens with zero attached hydrogens (tertiary/aromatic N) is 12. The number of hydrogen-bond acceptors (Lipinski definition) is 21. The zero-order valence-electron chi connectivity index (χ0n) is 66.2. The zero-order valence-corrected chi connectivity index (χ0v) is 66.2. The van der Waals surface area contributed by atoms with E-state index in [1.807, 2.05) is 136 Å². The first-order valence-corrected chi connectivity index (χ1v) is 39.6. The third-order valence-corrected chi connectivity index (χ3v) is 21.0. The number of H-pyrrole nitrogens is 4. The number of anilines is 7. The van der Waals surface area contributed by atoms with E-state index in [2.05, 4.69) is 126 Å². The molecule has 608 valence electrons. The Kier molecular flexibility index (Phi) is 23.9. The number of phenols is 4. The summed E-state index contributed by atoms with van der Waals surface area (Å²) in [6, 6.07) is 57.3. The molecule has 19 rings (SSSR count). The number of benzene rings is 8. The van der Waals surface area contributed by atoms with Crippen LogP contribution in [0, 0.1) is 0 Å². The van der Waals surface area contributed by atoms with Crippen LogP contribution in [-0.2, 0) is 11.3 Å². The van der Waals surface area contributed by atoms with Gasteiger partial charge in [0.15, 0.2) is 22.8 Å². The standard InChI is InChI=1S/C24H23N5O2.C23H21N5O3.C23H21N5O2.C22H21N5O2/c30-20-7-5-18(6-8-20)26-24(31)23-21-13-16(4-9-22(21)27-28-23)17-12-19(15-25-14-17)29-10-2-1-3-11-29;29-19-4-2-17(3-5-19)25-23(30)22-20-12-15(1-6-21(20)26-27-22)16-11-18(14-24-13-16)28-7-9-31-10-8-28;29-19-6-4-17(5-7-19)25-23(30)22-20-12-15(3-8-21(20)26-27-22)16-11-18(14-24-13-16)28-9-1-2-10-28;1-27(2)13-14-9-16(12-23-11-14)15-3-8-20-19(10-15)21(26-25-20)22(29)24-17-4-6-18(28)7-5-17/h4-9,12-15,30H,1-3,10-11H2,(H,26,31)(H,27,28);1-6,11-14,29H,7-10H2,(H,25,30)(H,26,27);3-8,11-14,29H,1-2,9-10H2,(H,25,30)(H,26,27);3-12,28H,13H2,1-2H3,(H,24,29)(H,25,26). The minimum absolute atomic E-state index is 0.140. The number of aromatic nitrogens is 12. The number of aromatic amines is 4. The van der Waals surface area contributed by atoms with E-state index in [9.17, 15) is 39.6 Å². The molecule has 8 aromatic carbocycles. The maximum Gasteiger partial charge on any atom is 0.276 e. The highest BCUT2D eigenvalue weighted by Crippen LogP contribution is 2.35. The molecule has 12 N–H and O–H groups in total. The van der Waals surface area contributed by atoms with Crippen LogP contribution in [0.15, 0.2) is 244 Å². The number of carbonyl (C=O) groups is 4. The van der Waals surface area contributed by atoms with Crippen LogP contribution < -0.4 is 36.0 Å². The van der Waals surface area contributed by atoms with Gasteiger partial charge in [-0.25, -0.2) is 0 Å². The van der Waals surface area contributed by atoms with Crippen LogP contribution in [0.1, 0.15) is 79.6 Å². The van der Waals surface area contributed by atoms with Gasteiger partial charge < -0.3 is 66.0 Å². The Labute approximate surface area is 694 Å². The van der Waals surface area contributed by atoms with Gasteiger partial charge in [0.25, 0.3) is 23.6 Å². The molecule has 11 heterocycles. The van der Waals surface area contributed by atoms with Crippen molar-refractivity contribution in [2.45, 2.75) is 38.6 Å². The van der Waals surface area contributed by atoms with Crippen molar-refractivity contribution >= 4 is 107 Å². The van der Waals surface area contributed by atoms with E-state index in [-0.39, 0.29) is 46.6 Å². The molecule has 0 saturated carbocycles. The number of amides is 4. The fourth-order valence-corrected chi connectivity index (χ4v) is 14.7. The highest BCUT2D eigenvalue weighted by atomic mass is 16.5. The quantitative estimate of drug-likeness (QED) is 0.0377. The third-order valence-electron chi connectivity index (χ3n) is 21.0. The van der Waals surface area contributed by atoms with Crippen LogP contribution in [0.4, 0.5) is 39.8 Å². The molecule has 121 heavy (non-hydrogen) atoms. The Morgan fingerprint density at radius 3 is 0.901 bits per heavy atom. The van der Waals surface area contributed by atoms with E-state index >= 15 is 0 Å². The molecule has 3 aliphatic rings. The van der Waals surface area contributed by atoms with Gasteiger partial charge in [-0.15, -0.1) is 0 Å². The van der Waals surface area contributed by atoms with Crippen LogP contribution in [0.3, 0.4) is 0 Å². The summed E-state index contributed by atoms with van der Waals surface area (Å²) >= 11 is 0. The summed E-state index contributed by atoms with van der Waals surface area (Å²) in [4.78, 5) is 77.8. The molecular weight excluding hydrogens is 1530 g/mol. The maximum atomic E-state index is 12.8. The molecule has 0 radical (unpaired) electrons. The Morgan fingerprint density at radius 2 is 0.603 bits per heavy atom. The smallest absolute Gasteiger partial charge is 0.276 e. The van der Waals surface area contributed by atoms with E-state index in [1.165, 1.54) is 80.6 Å². The number of fused-ring (bicyclic) bond motifs is 4. The summed E-state index contributed by atoms with van der Waals surface area (Å²) in [5.74, 6) is -0.695. The van der Waals surface area contributed by atoms with Crippen molar-refractivity contribution in [3.8, 4) is 67.5 Å². The van der Waals surface area contributed by atoms with E-state index in [0.29, 0.717) is 58.7 Å². The van der Waals surface area contributed by atoms with Crippen molar-refractivity contribution in [2.75, 3.05) is 103 Å². The number of pyridine rings is 4. The van der Waals surface area contributed by atoms with Crippen LogP contribution >= 0.6 is 0 Å². The second-order valence-electron chi connectivity index (χ2n) is 29.8. The molecule has 4 amide bonds. The predicted molar refractivity (Wildman–Crippen MR) is 469 cm³/mol. The van der Waals surface area contributed by atoms with Crippen molar-refractivity contribution in [1.82, 2.24) is 65.6 Å². The first kappa shape index (κ1) is 79.5. The number of morpholine rings is 1. The highest BCUT2D eigenvalue weighted by Gasteiger charge is 2.23. The first-order chi connectivity index (χ1) is 59.0. The number of nitrogens with one attached hydrogen (secondary N) is 8. The van der Waals surface area contributed by atoms with Crippen molar-refractivity contribution in [3.63, 3.8) is 0 Å².